The zero-order valence-corrected chi connectivity index (χ0v) is 27.8. The normalized spacial score (nSPS) is 37.3. The largest absolute Gasteiger partial charge is 0.393 e. The molecule has 10 unspecified atom stereocenters. The van der Waals surface area contributed by atoms with E-state index in [9.17, 15) is 54.7 Å². The van der Waals surface area contributed by atoms with Crippen LogP contribution in [0.2, 0.25) is 0 Å². The maximum atomic E-state index is 15.0. The van der Waals surface area contributed by atoms with Crippen molar-refractivity contribution >= 4 is 0 Å². The molecule has 17 heteroatoms. The minimum Gasteiger partial charge on any atom is -0.393 e. The van der Waals surface area contributed by atoms with Crippen molar-refractivity contribution in [2.75, 3.05) is 6.61 Å². The van der Waals surface area contributed by atoms with Crippen molar-refractivity contribution in [2.45, 2.75) is 112 Å². The van der Waals surface area contributed by atoms with Gasteiger partial charge in [-0.1, -0.05) is 56.8 Å². The number of aliphatic hydroxyl groups excluding tert-OH is 1. The number of rotatable bonds is 11. The third-order valence-electron chi connectivity index (χ3n) is 10.8. The van der Waals surface area contributed by atoms with Crippen LogP contribution < -0.4 is 16.9 Å². The molecule has 10 atom stereocenters. The van der Waals surface area contributed by atoms with Gasteiger partial charge < -0.3 is 57.4 Å². The monoisotopic (exact) mass is 703 g/mol. The summed E-state index contributed by atoms with van der Waals surface area (Å²) in [6.45, 7) is 12.0. The lowest BCUT2D eigenvalue weighted by Crippen LogP contribution is -2.87. The molecule has 2 heterocycles. The second-order valence-corrected chi connectivity index (χ2v) is 14.0. The van der Waals surface area contributed by atoms with E-state index in [-0.39, 0.29) is 37.5 Å². The van der Waals surface area contributed by atoms with Gasteiger partial charge in [0.1, 0.15) is 0 Å². The van der Waals surface area contributed by atoms with E-state index in [1.807, 2.05) is 37.8 Å². The Morgan fingerprint density at radius 3 is 2.22 bits per heavy atom. The van der Waals surface area contributed by atoms with Gasteiger partial charge in [-0.25, -0.2) is 9.74 Å². The molecule has 1 saturated carbocycles. The first-order chi connectivity index (χ1) is 22.5. The minimum absolute atomic E-state index is 0.0821. The molecular weight excluding hydrogens is 652 g/mol. The van der Waals surface area contributed by atoms with Crippen LogP contribution in [0.25, 0.3) is 0 Å². The van der Waals surface area contributed by atoms with E-state index in [2.05, 4.69) is 18.6 Å². The van der Waals surface area contributed by atoms with Crippen molar-refractivity contribution in [1.29, 1.82) is 0 Å². The second-order valence-electron chi connectivity index (χ2n) is 14.0. The summed E-state index contributed by atoms with van der Waals surface area (Å²) in [7, 11) is 0. The van der Waals surface area contributed by atoms with E-state index in [4.69, 9.17) is 16.3 Å². The summed E-state index contributed by atoms with van der Waals surface area (Å²) in [6.07, 6.45) is -0.268. The van der Waals surface area contributed by atoms with Gasteiger partial charge in [-0.15, -0.1) is 6.58 Å². The summed E-state index contributed by atoms with van der Waals surface area (Å²) in [5.74, 6) is -25.4. The van der Waals surface area contributed by atoms with Gasteiger partial charge in [0, 0.05) is 36.2 Å². The fraction of sp³-hybridized carbons (Fsp3) is 0.688. The highest BCUT2D eigenvalue weighted by Gasteiger charge is 2.87. The average Bonchev–Trinajstić information content (AvgIpc) is 3.37. The number of nitrogens with zero attached hydrogens (tertiary/aromatic N) is 2. The van der Waals surface area contributed by atoms with Crippen molar-refractivity contribution in [1.82, 2.24) is 15.3 Å². The Balaban J connectivity index is 1.76. The Bertz CT molecular complexity index is 1360. The summed E-state index contributed by atoms with van der Waals surface area (Å²) in [5.41, 5.74) is 11.2. The SMILES string of the molecule is C=CC1(O)C(C(=C)NOC(O)(CCc2ccccc2)N2C3CC(C)C2C(C)C(N)N(C(N)CO)C(C)C3)C(O)(O)C(O)(O)C(F)(F)C1(O)O. The number of hydrogen-bond donors (Lipinski definition) is 12. The van der Waals surface area contributed by atoms with Gasteiger partial charge in [-0.3, -0.25) is 10.4 Å². The highest BCUT2D eigenvalue weighted by molar-refractivity contribution is 5.31. The number of nitrogens with two attached hydrogens (primary N) is 2. The first-order valence-electron chi connectivity index (χ1n) is 16.1. The third-order valence-corrected chi connectivity index (χ3v) is 10.8. The molecule has 0 spiro atoms. The van der Waals surface area contributed by atoms with Crippen LogP contribution in [-0.2, 0) is 11.3 Å². The molecule has 3 aliphatic rings. The van der Waals surface area contributed by atoms with Crippen LogP contribution in [0.3, 0.4) is 0 Å². The van der Waals surface area contributed by atoms with E-state index in [1.165, 1.54) is 0 Å². The number of aryl methyl sites for hydroxylation is 1. The van der Waals surface area contributed by atoms with Gasteiger partial charge in [0.15, 0.2) is 5.60 Å². The number of benzene rings is 1. The third kappa shape index (κ3) is 6.02. The Hall–Kier alpha value is -2.20. The van der Waals surface area contributed by atoms with Gasteiger partial charge in [0.05, 0.1) is 24.9 Å². The van der Waals surface area contributed by atoms with Crippen LogP contribution in [0.4, 0.5) is 8.78 Å². The fourth-order valence-corrected chi connectivity index (χ4v) is 8.22. The lowest BCUT2D eigenvalue weighted by atomic mass is 9.62. The Morgan fingerprint density at radius 2 is 1.67 bits per heavy atom. The smallest absolute Gasteiger partial charge is 0.361 e. The minimum atomic E-state index is -5.57. The number of halogens is 2. The molecule has 0 aromatic heterocycles. The molecular formula is C32H51F2N5O10. The standard InChI is InChI=1S/C32H51F2N5O10/c1-6-27(41)25(29(43,44)32(47,48)30(33,34)31(27,45)46)20(5)37-49-28(42,13-12-21-10-8-7-9-11-21)39-22-14-17(2)24(39)19(4)26(36)38(18(3)15-22)23(35)16-40/h6-11,17-19,22-26,37,40-48H,1,5,12-16,35-36H2,2-4H3. The molecule has 4 rings (SSSR count). The van der Waals surface area contributed by atoms with Crippen molar-refractivity contribution in [2.24, 2.45) is 29.2 Å². The zero-order chi connectivity index (χ0) is 37.1. The molecule has 1 aromatic rings. The highest BCUT2D eigenvalue weighted by Crippen LogP contribution is 2.58. The zero-order valence-electron chi connectivity index (χ0n) is 27.8. The number of hydroxylamine groups is 1. The number of aliphatic hydroxyl groups is 9. The predicted molar refractivity (Wildman–Crippen MR) is 169 cm³/mol. The van der Waals surface area contributed by atoms with Gasteiger partial charge in [0.2, 0.25) is 5.79 Å². The van der Waals surface area contributed by atoms with Gasteiger partial charge in [0.25, 0.3) is 17.5 Å². The fourth-order valence-electron chi connectivity index (χ4n) is 8.22. The average molecular weight is 704 g/mol. The van der Waals surface area contributed by atoms with E-state index in [1.54, 1.807) is 23.1 Å². The van der Waals surface area contributed by atoms with Gasteiger partial charge in [-0.05, 0) is 37.7 Å². The van der Waals surface area contributed by atoms with Crippen molar-refractivity contribution < 1.29 is 59.6 Å². The second kappa shape index (κ2) is 13.4. The highest BCUT2D eigenvalue weighted by atomic mass is 19.3. The van der Waals surface area contributed by atoms with E-state index in [0.717, 1.165) is 5.56 Å². The number of fused-ring (bicyclic) bond motifs is 2. The Morgan fingerprint density at radius 1 is 1.08 bits per heavy atom. The molecule has 49 heavy (non-hydrogen) atoms. The van der Waals surface area contributed by atoms with Crippen LogP contribution in [0.5, 0.6) is 0 Å². The summed E-state index contributed by atoms with van der Waals surface area (Å²) < 4.78 is 29.9. The number of hydrogen-bond acceptors (Lipinski definition) is 15. The van der Waals surface area contributed by atoms with Crippen LogP contribution in [0, 0.1) is 17.8 Å². The van der Waals surface area contributed by atoms with Crippen LogP contribution in [-0.4, -0.2) is 128 Å². The van der Waals surface area contributed by atoms with Crippen molar-refractivity contribution in [3.8, 4) is 0 Å². The number of alkyl halides is 2. The van der Waals surface area contributed by atoms with Crippen molar-refractivity contribution in [3.05, 3.63) is 60.8 Å². The first-order valence-corrected chi connectivity index (χ1v) is 16.1. The molecule has 2 bridgehead atoms. The lowest BCUT2D eigenvalue weighted by Gasteiger charge is -2.59. The van der Waals surface area contributed by atoms with E-state index in [0.29, 0.717) is 12.8 Å². The lowest BCUT2D eigenvalue weighted by molar-refractivity contribution is -0.530. The van der Waals surface area contributed by atoms with Crippen LogP contribution >= 0.6 is 0 Å². The molecule has 1 aliphatic carbocycles. The molecule has 278 valence electrons. The molecule has 3 fully saturated rings. The summed E-state index contributed by atoms with van der Waals surface area (Å²) in [4.78, 5) is 9.44. The maximum Gasteiger partial charge on any atom is 0.361 e. The van der Waals surface area contributed by atoms with Crippen LogP contribution in [0.1, 0.15) is 45.6 Å². The van der Waals surface area contributed by atoms with Crippen molar-refractivity contribution in [3.63, 3.8) is 0 Å². The topological polar surface area (TPSA) is 262 Å². The van der Waals surface area contributed by atoms with Gasteiger partial charge in [-0.2, -0.15) is 8.78 Å². The predicted octanol–water partition coefficient (Wildman–Crippen LogP) is -2.10. The Labute approximate surface area is 283 Å². The first kappa shape index (κ1) is 39.6. The van der Waals surface area contributed by atoms with E-state index < -0.39 is 76.7 Å². The van der Waals surface area contributed by atoms with Gasteiger partial charge >= 0.3 is 5.92 Å². The van der Waals surface area contributed by atoms with Crippen LogP contribution in [0.15, 0.2) is 55.3 Å². The molecule has 2 aliphatic heterocycles. The maximum absolute atomic E-state index is 15.0. The number of nitrogens with one attached hydrogen (secondary N) is 1. The molecule has 1 aromatic carbocycles. The molecule has 0 amide bonds. The Kier molecular flexibility index (Phi) is 10.8. The molecule has 0 radical (unpaired) electrons. The molecule has 2 saturated heterocycles. The summed E-state index contributed by atoms with van der Waals surface area (Å²) in [6, 6.07) is 7.84. The quantitative estimate of drug-likeness (QED) is 0.0669. The summed E-state index contributed by atoms with van der Waals surface area (Å²) >= 11 is 0. The molecule has 15 nitrogen and oxygen atoms in total. The summed E-state index contributed by atoms with van der Waals surface area (Å²) in [5, 5.41) is 96.3. The molecule has 14 N–H and O–H groups in total. The van der Waals surface area contributed by atoms with E-state index >= 15 is 0 Å².